The Balaban J connectivity index is 2.37. The summed E-state index contributed by atoms with van der Waals surface area (Å²) in [6.07, 6.45) is 0. The molecule has 4 nitrogen and oxygen atoms in total. The zero-order valence-electron chi connectivity index (χ0n) is 10.7. The number of benzene rings is 2. The van der Waals surface area contributed by atoms with Crippen LogP contribution in [0.5, 0.6) is 0 Å². The van der Waals surface area contributed by atoms with Gasteiger partial charge in [0.25, 0.3) is 5.69 Å². The Bertz CT molecular complexity index is 632. The van der Waals surface area contributed by atoms with Crippen LogP contribution in [0.25, 0.3) is 0 Å². The topological polar surface area (TPSA) is 46.4 Å². The van der Waals surface area contributed by atoms with Crippen molar-refractivity contribution in [3.63, 3.8) is 0 Å². The van der Waals surface area contributed by atoms with E-state index < -0.39 is 4.92 Å². The number of rotatable bonds is 4. The number of halogens is 2. The molecule has 0 aliphatic heterocycles. The van der Waals surface area contributed by atoms with E-state index >= 15 is 0 Å². The second-order valence-corrected chi connectivity index (χ2v) is 4.80. The molecule has 2 rings (SSSR count). The van der Waals surface area contributed by atoms with E-state index in [2.05, 4.69) is 15.9 Å². The van der Waals surface area contributed by atoms with Crippen LogP contribution >= 0.6 is 15.9 Å². The first kappa shape index (κ1) is 14.5. The molecule has 20 heavy (non-hydrogen) atoms. The first-order valence-electron chi connectivity index (χ1n) is 5.85. The Hall–Kier alpha value is -1.95. The maximum absolute atomic E-state index is 12.9. The molecule has 0 aliphatic rings. The van der Waals surface area contributed by atoms with E-state index in [1.54, 1.807) is 24.3 Å². The first-order chi connectivity index (χ1) is 9.52. The van der Waals surface area contributed by atoms with E-state index in [1.165, 1.54) is 18.2 Å². The van der Waals surface area contributed by atoms with Crippen molar-refractivity contribution in [3.05, 3.63) is 64.0 Å². The van der Waals surface area contributed by atoms with Gasteiger partial charge in [-0.1, -0.05) is 15.9 Å². The van der Waals surface area contributed by atoms with Crippen molar-refractivity contribution in [1.29, 1.82) is 0 Å². The Morgan fingerprint density at radius 1 is 1.20 bits per heavy atom. The molecule has 0 saturated heterocycles. The summed E-state index contributed by atoms with van der Waals surface area (Å²) in [5.74, 6) is -0.299. The summed E-state index contributed by atoms with van der Waals surface area (Å²) in [4.78, 5) is 12.3. The van der Waals surface area contributed by atoms with Crippen LogP contribution in [0.15, 0.2) is 42.5 Å². The molecule has 0 bridgehead atoms. The number of anilines is 2. The van der Waals surface area contributed by atoms with Gasteiger partial charge >= 0.3 is 0 Å². The smallest absolute Gasteiger partial charge is 0.273 e. The second-order valence-electron chi connectivity index (χ2n) is 4.24. The molecule has 2 aromatic rings. The fourth-order valence-electron chi connectivity index (χ4n) is 1.88. The number of nitro groups is 1. The minimum Gasteiger partial charge on any atom is -0.345 e. The van der Waals surface area contributed by atoms with E-state index in [0.717, 1.165) is 11.4 Å². The number of nitro benzene ring substituents is 1. The van der Waals surface area contributed by atoms with Crippen molar-refractivity contribution >= 4 is 33.0 Å². The largest absolute Gasteiger partial charge is 0.345 e. The predicted molar refractivity (Wildman–Crippen MR) is 80.2 cm³/mol. The summed E-state index contributed by atoms with van der Waals surface area (Å²) < 4.78 is 12.9. The Morgan fingerprint density at radius 2 is 1.80 bits per heavy atom. The lowest BCUT2D eigenvalue weighted by Gasteiger charge is -2.20. The number of hydrogen-bond acceptors (Lipinski definition) is 3. The van der Waals surface area contributed by atoms with Gasteiger partial charge in [0.2, 0.25) is 0 Å². The summed E-state index contributed by atoms with van der Waals surface area (Å²) in [6, 6.07) is 11.0. The van der Waals surface area contributed by atoms with Gasteiger partial charge in [-0.2, -0.15) is 0 Å². The van der Waals surface area contributed by atoms with E-state index in [0.29, 0.717) is 10.9 Å². The number of hydrogen-bond donors (Lipinski definition) is 0. The van der Waals surface area contributed by atoms with Gasteiger partial charge in [0, 0.05) is 35.4 Å². The molecule has 0 spiro atoms. The first-order valence-corrected chi connectivity index (χ1v) is 6.97. The fourth-order valence-corrected chi connectivity index (χ4v) is 2.33. The van der Waals surface area contributed by atoms with Gasteiger partial charge in [-0.05, 0) is 36.4 Å². The molecule has 2 aromatic carbocycles. The van der Waals surface area contributed by atoms with Gasteiger partial charge in [0.1, 0.15) is 5.82 Å². The summed E-state index contributed by atoms with van der Waals surface area (Å²) >= 11 is 3.25. The summed E-state index contributed by atoms with van der Waals surface area (Å²) in [7, 11) is 1.83. The predicted octanol–water partition coefficient (Wildman–Crippen LogP) is 4.40. The van der Waals surface area contributed by atoms with Crippen molar-refractivity contribution in [2.75, 3.05) is 11.9 Å². The minimum atomic E-state index is -0.404. The molecule has 6 heteroatoms. The van der Waals surface area contributed by atoms with Crippen molar-refractivity contribution < 1.29 is 9.31 Å². The third-order valence-electron chi connectivity index (χ3n) is 3.00. The van der Waals surface area contributed by atoms with Crippen LogP contribution in [-0.4, -0.2) is 12.0 Å². The Morgan fingerprint density at radius 3 is 2.35 bits per heavy atom. The Labute approximate surface area is 124 Å². The molecule has 0 aromatic heterocycles. The van der Waals surface area contributed by atoms with Crippen LogP contribution in [0, 0.1) is 15.9 Å². The lowest BCUT2D eigenvalue weighted by Crippen LogP contribution is -2.10. The quantitative estimate of drug-likeness (QED) is 0.471. The normalized spacial score (nSPS) is 10.3. The van der Waals surface area contributed by atoms with Gasteiger partial charge in [0.15, 0.2) is 0 Å². The fraction of sp³-hybridized carbons (Fsp3) is 0.143. The van der Waals surface area contributed by atoms with E-state index in [1.807, 2.05) is 11.9 Å². The molecule has 0 saturated carbocycles. The minimum absolute atomic E-state index is 0.0816. The maximum atomic E-state index is 12.9. The molecule has 0 unspecified atom stereocenters. The zero-order chi connectivity index (χ0) is 14.7. The van der Waals surface area contributed by atoms with E-state index in [-0.39, 0.29) is 11.5 Å². The maximum Gasteiger partial charge on any atom is 0.273 e. The molecule has 0 radical (unpaired) electrons. The molecule has 104 valence electrons. The highest BCUT2D eigenvalue weighted by Gasteiger charge is 2.15. The second kappa shape index (κ2) is 6.00. The van der Waals surface area contributed by atoms with Gasteiger partial charge < -0.3 is 4.90 Å². The van der Waals surface area contributed by atoms with Crippen LogP contribution in [0.2, 0.25) is 0 Å². The molecule has 0 atom stereocenters. The van der Waals surface area contributed by atoms with Crippen molar-refractivity contribution in [2.45, 2.75) is 5.33 Å². The molecule has 0 N–H and O–H groups in total. The molecule has 0 aliphatic carbocycles. The van der Waals surface area contributed by atoms with Crippen LogP contribution in [0.3, 0.4) is 0 Å². The van der Waals surface area contributed by atoms with Crippen LogP contribution < -0.4 is 4.90 Å². The highest BCUT2D eigenvalue weighted by Crippen LogP contribution is 2.30. The van der Waals surface area contributed by atoms with E-state index in [9.17, 15) is 14.5 Å². The standard InChI is InChI=1S/C14H12BrFN2O2/c1-17(12-4-2-11(16)3-5-12)13-6-7-14(18(19)20)10(8-13)9-15/h2-8H,9H2,1H3. The van der Waals surface area contributed by atoms with Crippen LogP contribution in [0.1, 0.15) is 5.56 Å². The molecular weight excluding hydrogens is 327 g/mol. The average molecular weight is 339 g/mol. The van der Waals surface area contributed by atoms with Crippen molar-refractivity contribution in [2.24, 2.45) is 0 Å². The van der Waals surface area contributed by atoms with E-state index in [4.69, 9.17) is 0 Å². The average Bonchev–Trinajstić information content (AvgIpc) is 2.46. The third-order valence-corrected chi connectivity index (χ3v) is 3.61. The number of nitrogens with zero attached hydrogens (tertiary/aromatic N) is 2. The zero-order valence-corrected chi connectivity index (χ0v) is 12.3. The Kier molecular flexibility index (Phi) is 4.34. The number of alkyl halides is 1. The van der Waals surface area contributed by atoms with Gasteiger partial charge in [0.05, 0.1) is 4.92 Å². The SMILES string of the molecule is CN(c1ccc(F)cc1)c1ccc([N+](=O)[O-])c(CBr)c1. The summed E-state index contributed by atoms with van der Waals surface area (Å²) in [6.45, 7) is 0. The molecule has 0 amide bonds. The van der Waals surface area contributed by atoms with Gasteiger partial charge in [-0.25, -0.2) is 4.39 Å². The monoisotopic (exact) mass is 338 g/mol. The molecule has 0 fully saturated rings. The summed E-state index contributed by atoms with van der Waals surface area (Å²) in [5, 5.41) is 11.3. The van der Waals surface area contributed by atoms with Crippen molar-refractivity contribution in [3.8, 4) is 0 Å². The highest BCUT2D eigenvalue weighted by atomic mass is 79.9. The van der Waals surface area contributed by atoms with Crippen LogP contribution in [0.4, 0.5) is 21.5 Å². The third kappa shape index (κ3) is 2.96. The van der Waals surface area contributed by atoms with Gasteiger partial charge in [-0.3, -0.25) is 10.1 Å². The van der Waals surface area contributed by atoms with Gasteiger partial charge in [-0.15, -0.1) is 0 Å². The highest BCUT2D eigenvalue weighted by molar-refractivity contribution is 9.08. The molecule has 0 heterocycles. The van der Waals surface area contributed by atoms with Crippen molar-refractivity contribution in [1.82, 2.24) is 0 Å². The lowest BCUT2D eigenvalue weighted by atomic mass is 10.1. The van der Waals surface area contributed by atoms with Crippen LogP contribution in [-0.2, 0) is 5.33 Å². The summed E-state index contributed by atoms with van der Waals surface area (Å²) in [5.41, 5.74) is 2.29. The molecular formula is C14H12BrFN2O2. The lowest BCUT2D eigenvalue weighted by molar-refractivity contribution is -0.385.